The van der Waals surface area contributed by atoms with Gasteiger partial charge in [-0.25, -0.2) is 4.79 Å². The molecule has 0 aliphatic rings. The Hall–Kier alpha value is -1.51. The Balaban J connectivity index is 2.58. The van der Waals surface area contributed by atoms with Crippen molar-refractivity contribution in [3.63, 3.8) is 0 Å². The van der Waals surface area contributed by atoms with Gasteiger partial charge in [-0.2, -0.15) is 0 Å². The van der Waals surface area contributed by atoms with Gasteiger partial charge in [-0.05, 0) is 26.3 Å². The molecule has 0 saturated carbocycles. The Morgan fingerprint density at radius 2 is 1.94 bits per heavy atom. The molecule has 0 aliphatic carbocycles. The number of carbonyl (C=O) groups is 1. The van der Waals surface area contributed by atoms with Gasteiger partial charge < -0.3 is 9.64 Å². The van der Waals surface area contributed by atoms with E-state index in [2.05, 4.69) is 0 Å². The predicted molar refractivity (Wildman–Crippen MR) is 64.1 cm³/mol. The van der Waals surface area contributed by atoms with Gasteiger partial charge in [0.15, 0.2) is 0 Å². The number of hydrogen-bond acceptors (Lipinski definition) is 2. The van der Waals surface area contributed by atoms with Gasteiger partial charge in [-0.1, -0.05) is 30.3 Å². The number of carbonyl (C=O) groups excluding carboxylic acids is 1. The van der Waals surface area contributed by atoms with Crippen LogP contribution in [0.5, 0.6) is 0 Å². The summed E-state index contributed by atoms with van der Waals surface area (Å²) in [6.45, 7) is 6.91. The lowest BCUT2D eigenvalue weighted by molar-refractivity contribution is 0.0762. The number of amides is 1. The molecule has 0 aromatic heterocycles. The summed E-state index contributed by atoms with van der Waals surface area (Å²) in [7, 11) is 0. The zero-order chi connectivity index (χ0) is 12.0. The molecular weight excluding hydrogens is 202 g/mol. The van der Waals surface area contributed by atoms with Gasteiger partial charge in [0.05, 0.1) is 6.10 Å². The van der Waals surface area contributed by atoms with Crippen molar-refractivity contribution in [1.82, 2.24) is 4.90 Å². The maximum absolute atomic E-state index is 11.7. The van der Waals surface area contributed by atoms with Gasteiger partial charge >= 0.3 is 6.09 Å². The number of hydrogen-bond donors (Lipinski definition) is 0. The minimum Gasteiger partial charge on any atom is -0.447 e. The molecule has 0 unspecified atom stereocenters. The Kier molecular flexibility index (Phi) is 4.83. The molecule has 88 valence electrons. The second-order valence-corrected chi connectivity index (χ2v) is 3.93. The summed E-state index contributed by atoms with van der Waals surface area (Å²) in [5, 5.41) is 0. The average Bonchev–Trinajstić information content (AvgIpc) is 2.26. The van der Waals surface area contributed by atoms with Crippen LogP contribution >= 0.6 is 0 Å². The number of rotatable bonds is 4. The first-order chi connectivity index (χ1) is 7.63. The van der Waals surface area contributed by atoms with Crippen molar-refractivity contribution in [2.75, 3.05) is 6.54 Å². The van der Waals surface area contributed by atoms with Crippen LogP contribution in [0.4, 0.5) is 4.79 Å². The normalized spacial score (nSPS) is 10.2. The van der Waals surface area contributed by atoms with E-state index >= 15 is 0 Å². The molecule has 1 aromatic rings. The summed E-state index contributed by atoms with van der Waals surface area (Å²) in [6.07, 6.45) is -0.321. The van der Waals surface area contributed by atoms with E-state index in [1.165, 1.54) is 0 Å². The van der Waals surface area contributed by atoms with Crippen molar-refractivity contribution >= 4 is 6.09 Å². The van der Waals surface area contributed by atoms with Crippen LogP contribution in [0.1, 0.15) is 26.3 Å². The van der Waals surface area contributed by atoms with Crippen LogP contribution in [0.25, 0.3) is 0 Å². The largest absolute Gasteiger partial charge is 0.447 e. The van der Waals surface area contributed by atoms with E-state index in [1.54, 1.807) is 4.90 Å². The second-order valence-electron chi connectivity index (χ2n) is 3.93. The highest BCUT2D eigenvalue weighted by Gasteiger charge is 2.14. The van der Waals surface area contributed by atoms with Gasteiger partial charge in [0, 0.05) is 13.1 Å². The summed E-state index contributed by atoms with van der Waals surface area (Å²) in [5.74, 6) is 0. The second kappa shape index (κ2) is 6.16. The molecule has 0 atom stereocenters. The van der Waals surface area contributed by atoms with Gasteiger partial charge in [0.2, 0.25) is 0 Å². The molecule has 3 heteroatoms. The van der Waals surface area contributed by atoms with E-state index in [0.717, 1.165) is 5.56 Å². The Morgan fingerprint density at radius 3 is 2.44 bits per heavy atom. The highest BCUT2D eigenvalue weighted by Crippen LogP contribution is 2.06. The van der Waals surface area contributed by atoms with Crippen molar-refractivity contribution in [3.8, 4) is 0 Å². The summed E-state index contributed by atoms with van der Waals surface area (Å²) >= 11 is 0. The number of nitrogens with zero attached hydrogens (tertiary/aromatic N) is 1. The number of ether oxygens (including phenoxy) is 1. The van der Waals surface area contributed by atoms with E-state index in [-0.39, 0.29) is 12.2 Å². The molecule has 0 bridgehead atoms. The molecule has 0 spiro atoms. The molecular formula is C13H19NO2. The fraction of sp³-hybridized carbons (Fsp3) is 0.462. The highest BCUT2D eigenvalue weighted by atomic mass is 16.6. The van der Waals surface area contributed by atoms with Crippen molar-refractivity contribution in [2.24, 2.45) is 0 Å². The third-order valence-corrected chi connectivity index (χ3v) is 2.19. The highest BCUT2D eigenvalue weighted by molar-refractivity contribution is 5.67. The van der Waals surface area contributed by atoms with Crippen molar-refractivity contribution in [3.05, 3.63) is 35.9 Å². The molecule has 0 radical (unpaired) electrons. The zero-order valence-electron chi connectivity index (χ0n) is 10.1. The minimum atomic E-state index is -0.249. The van der Waals surface area contributed by atoms with Gasteiger partial charge in [-0.15, -0.1) is 0 Å². The van der Waals surface area contributed by atoms with E-state index in [4.69, 9.17) is 4.74 Å². The quantitative estimate of drug-likeness (QED) is 0.782. The molecule has 1 aromatic carbocycles. The lowest BCUT2D eigenvalue weighted by Gasteiger charge is -2.21. The summed E-state index contributed by atoms with van der Waals surface area (Å²) in [6, 6.07) is 9.91. The van der Waals surface area contributed by atoms with Crippen molar-refractivity contribution in [2.45, 2.75) is 33.4 Å². The summed E-state index contributed by atoms with van der Waals surface area (Å²) in [4.78, 5) is 13.4. The molecule has 0 aliphatic heterocycles. The van der Waals surface area contributed by atoms with Crippen LogP contribution in [0.15, 0.2) is 30.3 Å². The monoisotopic (exact) mass is 221 g/mol. The average molecular weight is 221 g/mol. The summed E-state index contributed by atoms with van der Waals surface area (Å²) in [5.41, 5.74) is 1.12. The molecule has 3 nitrogen and oxygen atoms in total. The molecule has 0 saturated heterocycles. The lowest BCUT2D eigenvalue weighted by atomic mass is 10.2. The molecule has 0 heterocycles. The van der Waals surface area contributed by atoms with E-state index in [1.807, 2.05) is 51.1 Å². The standard InChI is InChI=1S/C13H19NO2/c1-4-14(13(15)16-11(2)3)10-12-8-6-5-7-9-12/h5-9,11H,4,10H2,1-3H3. The van der Waals surface area contributed by atoms with Gasteiger partial charge in [0.1, 0.15) is 0 Å². The van der Waals surface area contributed by atoms with Gasteiger partial charge in [-0.3, -0.25) is 0 Å². The lowest BCUT2D eigenvalue weighted by Crippen LogP contribution is -2.32. The summed E-state index contributed by atoms with van der Waals surface area (Å²) < 4.78 is 5.16. The van der Waals surface area contributed by atoms with E-state index in [0.29, 0.717) is 13.1 Å². The fourth-order valence-electron chi connectivity index (χ4n) is 1.39. The first-order valence-corrected chi connectivity index (χ1v) is 5.63. The number of benzene rings is 1. The van der Waals surface area contributed by atoms with Crippen molar-refractivity contribution in [1.29, 1.82) is 0 Å². The first-order valence-electron chi connectivity index (χ1n) is 5.63. The molecule has 0 N–H and O–H groups in total. The maximum atomic E-state index is 11.7. The molecule has 1 amide bonds. The maximum Gasteiger partial charge on any atom is 0.410 e. The third kappa shape index (κ3) is 3.93. The smallest absolute Gasteiger partial charge is 0.410 e. The van der Waals surface area contributed by atoms with Crippen LogP contribution < -0.4 is 0 Å². The molecule has 0 fully saturated rings. The van der Waals surface area contributed by atoms with E-state index < -0.39 is 0 Å². The minimum absolute atomic E-state index is 0.0719. The van der Waals surface area contributed by atoms with Crippen LogP contribution in [-0.2, 0) is 11.3 Å². The molecule has 1 rings (SSSR count). The van der Waals surface area contributed by atoms with Crippen LogP contribution in [0.3, 0.4) is 0 Å². The van der Waals surface area contributed by atoms with Crippen LogP contribution in [0, 0.1) is 0 Å². The fourth-order valence-corrected chi connectivity index (χ4v) is 1.39. The van der Waals surface area contributed by atoms with Crippen LogP contribution in [-0.4, -0.2) is 23.6 Å². The zero-order valence-corrected chi connectivity index (χ0v) is 10.1. The topological polar surface area (TPSA) is 29.5 Å². The van der Waals surface area contributed by atoms with E-state index in [9.17, 15) is 4.79 Å². The first kappa shape index (κ1) is 12.6. The Morgan fingerprint density at radius 1 is 1.31 bits per heavy atom. The van der Waals surface area contributed by atoms with Gasteiger partial charge in [0.25, 0.3) is 0 Å². The Bertz CT molecular complexity index is 322. The Labute approximate surface area is 97.0 Å². The molecule has 16 heavy (non-hydrogen) atoms. The van der Waals surface area contributed by atoms with Crippen LogP contribution in [0.2, 0.25) is 0 Å². The SMILES string of the molecule is CCN(Cc1ccccc1)C(=O)OC(C)C. The third-order valence-electron chi connectivity index (χ3n) is 2.19. The van der Waals surface area contributed by atoms with Crippen molar-refractivity contribution < 1.29 is 9.53 Å². The predicted octanol–water partition coefficient (Wildman–Crippen LogP) is 3.05.